The van der Waals surface area contributed by atoms with E-state index in [9.17, 15) is 14.7 Å². The van der Waals surface area contributed by atoms with Crippen molar-refractivity contribution in [2.24, 2.45) is 11.7 Å². The van der Waals surface area contributed by atoms with Crippen LogP contribution in [0, 0.1) is 5.92 Å². The van der Waals surface area contributed by atoms with E-state index < -0.39 is 6.10 Å². The number of nitrogens with one attached hydrogen (secondary N) is 1. The third-order valence-corrected chi connectivity index (χ3v) is 6.89. The lowest BCUT2D eigenvalue weighted by Crippen LogP contribution is -2.55. The van der Waals surface area contributed by atoms with Gasteiger partial charge in [0.15, 0.2) is 0 Å². The van der Waals surface area contributed by atoms with Crippen LogP contribution >= 0.6 is 0 Å². The van der Waals surface area contributed by atoms with E-state index in [1.807, 2.05) is 78.9 Å². The second kappa shape index (κ2) is 12.5. The van der Waals surface area contributed by atoms with Crippen molar-refractivity contribution in [3.05, 3.63) is 90.0 Å². The molecule has 4 N–H and O–H groups in total. The molecule has 0 aromatic heterocycles. The highest BCUT2D eigenvalue weighted by atomic mass is 16.5. The molecule has 0 saturated carbocycles. The van der Waals surface area contributed by atoms with Crippen LogP contribution in [-0.4, -0.2) is 30.6 Å². The molecule has 4 rings (SSSR count). The van der Waals surface area contributed by atoms with E-state index >= 15 is 0 Å². The normalized spacial score (nSPS) is 17.7. The molecule has 7 nitrogen and oxygen atoms in total. The predicted octanol–water partition coefficient (Wildman–Crippen LogP) is 4.98. The molecule has 194 valence electrons. The van der Waals surface area contributed by atoms with Gasteiger partial charge in [-0.2, -0.15) is 0 Å². The Morgan fingerprint density at radius 2 is 1.73 bits per heavy atom. The van der Waals surface area contributed by atoms with Gasteiger partial charge < -0.3 is 25.8 Å². The number of carbonyl (C=O) groups excluding carboxylic acids is 2. The summed E-state index contributed by atoms with van der Waals surface area (Å²) >= 11 is 0. The molecule has 3 atom stereocenters. The number of aliphatic hydroxyl groups excluding tert-OH is 1. The number of rotatable bonds is 12. The average Bonchev–Trinajstić information content (AvgIpc) is 2.93. The van der Waals surface area contributed by atoms with Crippen LogP contribution in [-0.2, 0) is 9.59 Å². The van der Waals surface area contributed by atoms with E-state index in [2.05, 4.69) is 5.32 Å². The fourth-order valence-corrected chi connectivity index (χ4v) is 4.84. The molecule has 3 unspecified atom stereocenters. The minimum absolute atomic E-state index is 0.0275. The zero-order chi connectivity index (χ0) is 26.2. The molecular weight excluding hydrogens is 466 g/mol. The zero-order valence-corrected chi connectivity index (χ0v) is 21.2. The van der Waals surface area contributed by atoms with Gasteiger partial charge in [-0.25, -0.2) is 0 Å². The number of nitrogens with zero attached hydrogens (tertiary/aromatic N) is 1. The second-order valence-corrected chi connectivity index (χ2v) is 9.38. The van der Waals surface area contributed by atoms with Crippen LogP contribution in [0.2, 0.25) is 0 Å². The zero-order valence-electron chi connectivity index (χ0n) is 21.2. The molecule has 37 heavy (non-hydrogen) atoms. The van der Waals surface area contributed by atoms with Gasteiger partial charge in [-0.3, -0.25) is 9.59 Å². The minimum Gasteiger partial charge on any atom is -0.497 e. The Morgan fingerprint density at radius 1 is 1.03 bits per heavy atom. The van der Waals surface area contributed by atoms with Gasteiger partial charge in [0.1, 0.15) is 5.75 Å². The van der Waals surface area contributed by atoms with Gasteiger partial charge >= 0.3 is 0 Å². The van der Waals surface area contributed by atoms with Crippen LogP contribution in [0.4, 0.5) is 11.4 Å². The van der Waals surface area contributed by atoms with Crippen molar-refractivity contribution in [2.45, 2.75) is 44.2 Å². The number of methoxy groups -OCH3 is 1. The van der Waals surface area contributed by atoms with Gasteiger partial charge in [0.25, 0.3) is 0 Å². The van der Waals surface area contributed by atoms with Gasteiger partial charge in [0.2, 0.25) is 11.8 Å². The summed E-state index contributed by atoms with van der Waals surface area (Å²) in [4.78, 5) is 27.3. The Morgan fingerprint density at radius 3 is 2.38 bits per heavy atom. The number of benzene rings is 3. The molecule has 3 aromatic carbocycles. The van der Waals surface area contributed by atoms with Crippen molar-refractivity contribution in [1.82, 2.24) is 0 Å². The number of carbonyl (C=O) groups is 2. The summed E-state index contributed by atoms with van der Waals surface area (Å²) in [5.74, 6) is 0.492. The lowest BCUT2D eigenvalue weighted by molar-refractivity contribution is -0.131. The molecule has 0 radical (unpaired) electrons. The first kappa shape index (κ1) is 26.4. The fourth-order valence-electron chi connectivity index (χ4n) is 4.84. The quantitative estimate of drug-likeness (QED) is 0.240. The molecule has 1 aliphatic rings. The number of hydrogen-bond donors (Lipinski definition) is 3. The highest BCUT2D eigenvalue weighted by molar-refractivity contribution is 6.03. The average molecular weight is 502 g/mol. The predicted molar refractivity (Wildman–Crippen MR) is 145 cm³/mol. The van der Waals surface area contributed by atoms with E-state index in [1.165, 1.54) is 0 Å². The van der Waals surface area contributed by atoms with Crippen molar-refractivity contribution in [2.75, 3.05) is 23.9 Å². The molecule has 0 bridgehead atoms. The number of aliphatic hydroxyl groups is 1. The Hall–Kier alpha value is -3.68. The lowest BCUT2D eigenvalue weighted by atomic mass is 9.78. The molecule has 7 heteroatoms. The first-order valence-corrected chi connectivity index (χ1v) is 12.8. The first-order chi connectivity index (χ1) is 18.0. The Labute approximate surface area is 218 Å². The summed E-state index contributed by atoms with van der Waals surface area (Å²) in [5.41, 5.74) is 8.83. The van der Waals surface area contributed by atoms with Crippen LogP contribution < -0.4 is 20.7 Å². The van der Waals surface area contributed by atoms with E-state index in [4.69, 9.17) is 10.5 Å². The number of amides is 2. The summed E-state index contributed by atoms with van der Waals surface area (Å²) in [6, 6.07) is 24.5. The Bertz CT molecular complexity index is 1170. The van der Waals surface area contributed by atoms with E-state index in [0.29, 0.717) is 31.5 Å². The number of β-lactam (4-membered cyclic amide) rings is 1. The van der Waals surface area contributed by atoms with Crippen molar-refractivity contribution >= 4 is 23.2 Å². The maximum Gasteiger partial charge on any atom is 0.233 e. The van der Waals surface area contributed by atoms with Gasteiger partial charge in [0, 0.05) is 17.8 Å². The Kier molecular flexibility index (Phi) is 8.93. The van der Waals surface area contributed by atoms with Crippen molar-refractivity contribution in [1.29, 1.82) is 0 Å². The minimum atomic E-state index is -0.618. The number of ether oxygens (including phenoxy) is 1. The molecule has 1 heterocycles. The topological polar surface area (TPSA) is 105 Å². The van der Waals surface area contributed by atoms with Crippen molar-refractivity contribution < 1.29 is 19.4 Å². The third-order valence-electron chi connectivity index (χ3n) is 6.89. The molecule has 1 fully saturated rings. The van der Waals surface area contributed by atoms with Crippen LogP contribution in [0.3, 0.4) is 0 Å². The summed E-state index contributed by atoms with van der Waals surface area (Å²) < 4.78 is 5.31. The van der Waals surface area contributed by atoms with E-state index in [1.54, 1.807) is 12.0 Å². The number of nitrogens with two attached hydrogens (primary N) is 1. The molecule has 1 aliphatic heterocycles. The molecular formula is C30H35N3O4. The number of hydrogen-bond acceptors (Lipinski definition) is 5. The largest absolute Gasteiger partial charge is 0.497 e. The van der Waals surface area contributed by atoms with Crippen LogP contribution in [0.1, 0.15) is 55.4 Å². The fraction of sp³-hybridized carbons (Fsp3) is 0.333. The lowest BCUT2D eigenvalue weighted by Gasteiger charge is -2.48. The smallest absolute Gasteiger partial charge is 0.233 e. The van der Waals surface area contributed by atoms with Crippen LogP contribution in [0.5, 0.6) is 5.75 Å². The highest BCUT2D eigenvalue weighted by Gasteiger charge is 2.48. The standard InChI is InChI=1S/C30H35N3O4/c1-37-25-16-10-22(11-17-25)29-26(18-19-27(34)21-7-3-2-4-8-21)30(36)33(29)24-14-12-23(13-15-24)32-28(35)9-5-6-20-31/h2-4,7-8,10-17,26-27,29,34H,5-6,9,18-20,31H2,1H3,(H,32,35). The van der Waals surface area contributed by atoms with Gasteiger partial charge in [-0.1, -0.05) is 42.5 Å². The molecule has 1 saturated heterocycles. The molecule has 0 spiro atoms. The summed E-state index contributed by atoms with van der Waals surface area (Å²) in [5, 5.41) is 13.6. The summed E-state index contributed by atoms with van der Waals surface area (Å²) in [7, 11) is 1.63. The van der Waals surface area contributed by atoms with Crippen LogP contribution in [0.15, 0.2) is 78.9 Å². The third kappa shape index (κ3) is 6.37. The number of unbranched alkanes of at least 4 members (excludes halogenated alkanes) is 1. The maximum absolute atomic E-state index is 13.4. The second-order valence-electron chi connectivity index (χ2n) is 9.38. The van der Waals surface area contributed by atoms with Crippen molar-refractivity contribution in [3.8, 4) is 5.75 Å². The van der Waals surface area contributed by atoms with Crippen LogP contribution in [0.25, 0.3) is 0 Å². The maximum atomic E-state index is 13.4. The monoisotopic (exact) mass is 501 g/mol. The van der Waals surface area contributed by atoms with Gasteiger partial charge in [0.05, 0.1) is 25.2 Å². The van der Waals surface area contributed by atoms with Crippen molar-refractivity contribution in [3.63, 3.8) is 0 Å². The van der Waals surface area contributed by atoms with E-state index in [-0.39, 0.29) is 23.8 Å². The molecule has 3 aromatic rings. The molecule has 0 aliphatic carbocycles. The van der Waals surface area contributed by atoms with Gasteiger partial charge in [-0.05, 0) is 79.8 Å². The van der Waals surface area contributed by atoms with Gasteiger partial charge in [-0.15, -0.1) is 0 Å². The Balaban J connectivity index is 1.48. The molecule has 2 amide bonds. The summed E-state index contributed by atoms with van der Waals surface area (Å²) in [6.45, 7) is 0.577. The SMILES string of the molecule is COc1ccc(C2C(CCC(O)c3ccccc3)C(=O)N2c2ccc(NC(=O)CCCCN)cc2)cc1. The first-order valence-electron chi connectivity index (χ1n) is 12.8. The number of anilines is 2. The summed E-state index contributed by atoms with van der Waals surface area (Å²) in [6.07, 6.45) is 2.45. The highest BCUT2D eigenvalue weighted by Crippen LogP contribution is 2.46. The van der Waals surface area contributed by atoms with E-state index in [0.717, 1.165) is 35.4 Å².